The number of hydrogen-bond donors (Lipinski definition) is 2. The first-order valence-corrected chi connectivity index (χ1v) is 5.77. The van der Waals surface area contributed by atoms with Crippen molar-refractivity contribution in [3.05, 3.63) is 29.6 Å². The van der Waals surface area contributed by atoms with Gasteiger partial charge in [0.2, 0.25) is 5.91 Å². The van der Waals surface area contributed by atoms with Crippen molar-refractivity contribution in [1.29, 1.82) is 0 Å². The smallest absolute Gasteiger partial charge is 0.321 e. The van der Waals surface area contributed by atoms with Gasteiger partial charge in [-0.25, -0.2) is 0 Å². The monoisotopic (exact) mass is 249 g/mol. The fraction of sp³-hybridized carbons (Fsp3) is 0.417. The summed E-state index contributed by atoms with van der Waals surface area (Å²) in [6.45, 7) is 1.02. The SMILES string of the molecule is N[C@@H](CC(=O)N1CCc2cccnc2C1)C(=O)O. The van der Waals surface area contributed by atoms with Crippen LogP contribution in [0.5, 0.6) is 0 Å². The molecule has 0 bridgehead atoms. The van der Waals surface area contributed by atoms with Crippen LogP contribution in [0.25, 0.3) is 0 Å². The Hall–Kier alpha value is -1.95. The van der Waals surface area contributed by atoms with E-state index in [-0.39, 0.29) is 12.3 Å². The predicted octanol–water partition coefficient (Wildman–Crippen LogP) is -0.232. The molecular weight excluding hydrogens is 234 g/mol. The van der Waals surface area contributed by atoms with E-state index in [9.17, 15) is 9.59 Å². The van der Waals surface area contributed by atoms with Crippen LogP contribution >= 0.6 is 0 Å². The van der Waals surface area contributed by atoms with Crippen molar-refractivity contribution < 1.29 is 14.7 Å². The fourth-order valence-corrected chi connectivity index (χ4v) is 1.97. The van der Waals surface area contributed by atoms with Gasteiger partial charge >= 0.3 is 5.97 Å². The maximum atomic E-state index is 11.9. The number of carbonyl (C=O) groups excluding carboxylic acids is 1. The van der Waals surface area contributed by atoms with Gasteiger partial charge in [-0.2, -0.15) is 0 Å². The number of nitrogens with two attached hydrogens (primary N) is 1. The lowest BCUT2D eigenvalue weighted by atomic mass is 10.0. The number of hydrogen-bond acceptors (Lipinski definition) is 4. The summed E-state index contributed by atoms with van der Waals surface area (Å²) in [6, 6.07) is 2.73. The maximum absolute atomic E-state index is 11.9. The van der Waals surface area contributed by atoms with Crippen molar-refractivity contribution in [2.45, 2.75) is 25.4 Å². The van der Waals surface area contributed by atoms with Gasteiger partial charge in [0.15, 0.2) is 0 Å². The van der Waals surface area contributed by atoms with Crippen LogP contribution < -0.4 is 5.73 Å². The van der Waals surface area contributed by atoms with Crippen LogP contribution in [0.1, 0.15) is 17.7 Å². The molecule has 0 aromatic carbocycles. The number of fused-ring (bicyclic) bond motifs is 1. The Morgan fingerprint density at radius 1 is 1.56 bits per heavy atom. The lowest BCUT2D eigenvalue weighted by Crippen LogP contribution is -2.41. The molecule has 1 aliphatic rings. The van der Waals surface area contributed by atoms with Crippen molar-refractivity contribution in [3.8, 4) is 0 Å². The van der Waals surface area contributed by atoms with E-state index in [0.29, 0.717) is 13.1 Å². The first kappa shape index (κ1) is 12.5. The van der Waals surface area contributed by atoms with Crippen LogP contribution in [0.4, 0.5) is 0 Å². The third-order valence-corrected chi connectivity index (χ3v) is 3.04. The van der Waals surface area contributed by atoms with E-state index < -0.39 is 12.0 Å². The van der Waals surface area contributed by atoms with E-state index in [4.69, 9.17) is 10.8 Å². The summed E-state index contributed by atoms with van der Waals surface area (Å²) >= 11 is 0. The summed E-state index contributed by atoms with van der Waals surface area (Å²) in [5.41, 5.74) is 7.37. The maximum Gasteiger partial charge on any atom is 0.321 e. The Bertz CT molecular complexity index is 475. The van der Waals surface area contributed by atoms with E-state index in [0.717, 1.165) is 17.7 Å². The first-order chi connectivity index (χ1) is 8.58. The van der Waals surface area contributed by atoms with Gasteiger partial charge in [-0.1, -0.05) is 6.07 Å². The van der Waals surface area contributed by atoms with Crippen LogP contribution in [0.3, 0.4) is 0 Å². The van der Waals surface area contributed by atoms with Crippen LogP contribution in [0.2, 0.25) is 0 Å². The second-order valence-corrected chi connectivity index (χ2v) is 4.32. The zero-order valence-electron chi connectivity index (χ0n) is 9.87. The Morgan fingerprint density at radius 3 is 3.06 bits per heavy atom. The summed E-state index contributed by atoms with van der Waals surface area (Å²) in [5.74, 6) is -1.39. The van der Waals surface area contributed by atoms with E-state index in [1.54, 1.807) is 11.1 Å². The van der Waals surface area contributed by atoms with Crippen molar-refractivity contribution in [1.82, 2.24) is 9.88 Å². The predicted molar refractivity (Wildman–Crippen MR) is 63.6 cm³/mol. The van der Waals surface area contributed by atoms with E-state index in [2.05, 4.69) is 4.98 Å². The molecule has 1 aromatic rings. The number of carbonyl (C=O) groups is 2. The summed E-state index contributed by atoms with van der Waals surface area (Å²) in [4.78, 5) is 28.3. The number of amides is 1. The number of rotatable bonds is 3. The van der Waals surface area contributed by atoms with Gasteiger partial charge in [0.05, 0.1) is 18.7 Å². The Balaban J connectivity index is 2.00. The number of carboxylic acid groups (broad SMARTS) is 1. The second-order valence-electron chi connectivity index (χ2n) is 4.32. The van der Waals surface area contributed by atoms with Crippen LogP contribution in [-0.2, 0) is 22.6 Å². The molecule has 0 unspecified atom stereocenters. The van der Waals surface area contributed by atoms with Gasteiger partial charge in [-0.05, 0) is 18.1 Å². The van der Waals surface area contributed by atoms with Gasteiger partial charge in [0, 0.05) is 12.7 Å². The quantitative estimate of drug-likeness (QED) is 0.771. The third kappa shape index (κ3) is 2.65. The average molecular weight is 249 g/mol. The zero-order valence-corrected chi connectivity index (χ0v) is 9.87. The molecule has 0 fully saturated rings. The lowest BCUT2D eigenvalue weighted by molar-refractivity contribution is -0.142. The van der Waals surface area contributed by atoms with Gasteiger partial charge in [-0.3, -0.25) is 14.6 Å². The first-order valence-electron chi connectivity index (χ1n) is 5.77. The number of aliphatic carboxylic acids is 1. The standard InChI is InChI=1S/C12H15N3O3/c13-9(12(17)18)6-11(16)15-5-3-8-2-1-4-14-10(8)7-15/h1-2,4,9H,3,5-7,13H2,(H,17,18)/t9-/m0/s1. The van der Waals surface area contributed by atoms with Gasteiger partial charge in [0.25, 0.3) is 0 Å². The number of aromatic nitrogens is 1. The van der Waals surface area contributed by atoms with Crippen molar-refractivity contribution in [2.75, 3.05) is 6.54 Å². The fourth-order valence-electron chi connectivity index (χ4n) is 1.97. The highest BCUT2D eigenvalue weighted by Gasteiger charge is 2.24. The summed E-state index contributed by atoms with van der Waals surface area (Å²) < 4.78 is 0. The Kier molecular flexibility index (Phi) is 3.57. The highest BCUT2D eigenvalue weighted by Crippen LogP contribution is 2.17. The number of nitrogens with zero attached hydrogens (tertiary/aromatic N) is 2. The number of pyridine rings is 1. The molecule has 2 rings (SSSR count). The topological polar surface area (TPSA) is 96.5 Å². The largest absolute Gasteiger partial charge is 0.480 e. The van der Waals surface area contributed by atoms with Crippen LogP contribution in [0, 0.1) is 0 Å². The molecule has 3 N–H and O–H groups in total. The Labute approximate surface area is 104 Å². The van der Waals surface area contributed by atoms with Crippen molar-refractivity contribution in [3.63, 3.8) is 0 Å². The molecule has 6 nitrogen and oxygen atoms in total. The van der Waals surface area contributed by atoms with Crippen molar-refractivity contribution >= 4 is 11.9 Å². The highest BCUT2D eigenvalue weighted by atomic mass is 16.4. The normalized spacial score (nSPS) is 15.9. The molecule has 1 aromatic heterocycles. The molecular formula is C12H15N3O3. The van der Waals surface area contributed by atoms with Gasteiger partial charge in [0.1, 0.15) is 6.04 Å². The van der Waals surface area contributed by atoms with Gasteiger partial charge in [-0.15, -0.1) is 0 Å². The van der Waals surface area contributed by atoms with E-state index in [1.165, 1.54) is 0 Å². The molecule has 96 valence electrons. The summed E-state index contributed by atoms with van der Waals surface area (Å²) in [7, 11) is 0. The molecule has 0 aliphatic carbocycles. The zero-order chi connectivity index (χ0) is 13.1. The minimum Gasteiger partial charge on any atom is -0.480 e. The summed E-state index contributed by atoms with van der Waals surface area (Å²) in [6.07, 6.45) is 2.27. The van der Waals surface area contributed by atoms with Crippen LogP contribution in [-0.4, -0.2) is 39.5 Å². The Morgan fingerprint density at radius 2 is 2.33 bits per heavy atom. The molecule has 6 heteroatoms. The number of carboxylic acids is 1. The highest BCUT2D eigenvalue weighted by molar-refractivity contribution is 5.84. The lowest BCUT2D eigenvalue weighted by Gasteiger charge is -2.28. The molecule has 2 heterocycles. The van der Waals surface area contributed by atoms with Crippen LogP contribution in [0.15, 0.2) is 18.3 Å². The second kappa shape index (κ2) is 5.14. The molecule has 0 saturated carbocycles. The molecule has 1 aliphatic heterocycles. The minimum atomic E-state index is -1.15. The minimum absolute atomic E-state index is 0.169. The molecule has 18 heavy (non-hydrogen) atoms. The molecule has 1 atom stereocenters. The molecule has 0 radical (unpaired) electrons. The van der Waals surface area contributed by atoms with Gasteiger partial charge < -0.3 is 15.7 Å². The molecule has 0 saturated heterocycles. The average Bonchev–Trinajstić information content (AvgIpc) is 2.37. The third-order valence-electron chi connectivity index (χ3n) is 3.04. The van der Waals surface area contributed by atoms with E-state index in [1.807, 2.05) is 12.1 Å². The van der Waals surface area contributed by atoms with E-state index >= 15 is 0 Å². The molecule has 1 amide bonds. The summed E-state index contributed by atoms with van der Waals surface area (Å²) in [5, 5.41) is 8.68. The van der Waals surface area contributed by atoms with Crippen molar-refractivity contribution in [2.24, 2.45) is 5.73 Å². The molecule has 0 spiro atoms.